The van der Waals surface area contributed by atoms with Crippen LogP contribution >= 0.6 is 7.82 Å². The third-order valence-corrected chi connectivity index (χ3v) is 6.28. The molecule has 0 radical (unpaired) electrons. The Morgan fingerprint density at radius 3 is 1.81 bits per heavy atom. The minimum Gasteiger partial charge on any atom is -0.462 e. The fourth-order valence-electron chi connectivity index (χ4n) is 3.73. The summed E-state index contributed by atoms with van der Waals surface area (Å²) in [7, 11) is -4.73. The van der Waals surface area contributed by atoms with Gasteiger partial charge in [0.25, 0.3) is 0 Å². The zero-order valence-electron chi connectivity index (χ0n) is 22.7. The highest BCUT2D eigenvalue weighted by Gasteiger charge is 2.22. The Labute approximate surface area is 218 Å². The van der Waals surface area contributed by atoms with Gasteiger partial charge >= 0.3 is 19.8 Å². The number of allylic oxidation sites excluding steroid dienone is 2. The van der Waals surface area contributed by atoms with Gasteiger partial charge in [0.2, 0.25) is 0 Å². The van der Waals surface area contributed by atoms with Crippen LogP contribution in [0.15, 0.2) is 12.2 Å². The van der Waals surface area contributed by atoms with Crippen LogP contribution in [0, 0.1) is 0 Å². The lowest BCUT2D eigenvalue weighted by molar-refractivity contribution is -0.161. The monoisotopic (exact) mass is 534 g/mol. The molecule has 36 heavy (non-hydrogen) atoms. The molecule has 8 nitrogen and oxygen atoms in total. The fourth-order valence-corrected chi connectivity index (χ4v) is 4.09. The highest BCUT2D eigenvalue weighted by molar-refractivity contribution is 7.46. The Balaban J connectivity index is 4.09. The number of hydrogen-bond acceptors (Lipinski definition) is 6. The van der Waals surface area contributed by atoms with E-state index in [1.807, 2.05) is 0 Å². The zero-order chi connectivity index (χ0) is 26.9. The fraction of sp³-hybridized carbons (Fsp3) is 0.852. The van der Waals surface area contributed by atoms with E-state index in [0.717, 1.165) is 57.8 Å². The van der Waals surface area contributed by atoms with E-state index in [-0.39, 0.29) is 19.4 Å². The normalized spacial score (nSPS) is 12.7. The van der Waals surface area contributed by atoms with Crippen molar-refractivity contribution in [2.45, 2.75) is 136 Å². The van der Waals surface area contributed by atoms with Crippen molar-refractivity contribution >= 4 is 19.8 Å². The highest BCUT2D eigenvalue weighted by atomic mass is 31.2. The van der Waals surface area contributed by atoms with Gasteiger partial charge in [-0.15, -0.1) is 0 Å². The van der Waals surface area contributed by atoms with Crippen molar-refractivity contribution in [2.75, 3.05) is 13.2 Å². The largest absolute Gasteiger partial charge is 0.469 e. The predicted octanol–water partition coefficient (Wildman–Crippen LogP) is 7.17. The first-order chi connectivity index (χ1) is 17.3. The van der Waals surface area contributed by atoms with E-state index in [0.29, 0.717) is 6.42 Å². The van der Waals surface area contributed by atoms with Gasteiger partial charge in [-0.2, -0.15) is 0 Å². The molecule has 0 bridgehead atoms. The molecule has 0 aliphatic carbocycles. The molecule has 2 N–H and O–H groups in total. The lowest BCUT2D eigenvalue weighted by Crippen LogP contribution is -2.29. The first kappa shape index (κ1) is 34.8. The summed E-state index contributed by atoms with van der Waals surface area (Å²) < 4.78 is 26.0. The first-order valence-electron chi connectivity index (χ1n) is 14.0. The summed E-state index contributed by atoms with van der Waals surface area (Å²) in [5.74, 6) is -0.901. The standard InChI is InChI=1S/C27H51O8P/c1-3-5-7-9-11-12-13-14-16-18-20-22-27(29)35-25(24-34-36(30,31)32)23-33-26(28)21-19-17-15-10-8-6-4-2/h5,7,25H,3-4,6,8-24H2,1-2H3,(H2,30,31,32)/b7-5+/t25-/m1/s1. The van der Waals surface area contributed by atoms with Crippen LogP contribution in [-0.2, 0) is 28.2 Å². The van der Waals surface area contributed by atoms with E-state index in [2.05, 4.69) is 30.5 Å². The molecular weight excluding hydrogens is 483 g/mol. The summed E-state index contributed by atoms with van der Waals surface area (Å²) >= 11 is 0. The van der Waals surface area contributed by atoms with E-state index in [9.17, 15) is 14.2 Å². The second-order valence-electron chi connectivity index (χ2n) is 9.35. The Morgan fingerprint density at radius 1 is 0.722 bits per heavy atom. The van der Waals surface area contributed by atoms with Crippen molar-refractivity contribution < 1.29 is 37.9 Å². The van der Waals surface area contributed by atoms with Crippen molar-refractivity contribution in [3.05, 3.63) is 12.2 Å². The SMILES string of the molecule is CC/C=C/CCCCCCCCCC(=O)O[C@H](COC(=O)CCCCCCCCC)COP(=O)(O)O. The maximum atomic E-state index is 12.2. The Morgan fingerprint density at radius 2 is 1.25 bits per heavy atom. The van der Waals surface area contributed by atoms with Crippen LogP contribution in [-0.4, -0.2) is 41.0 Å². The molecule has 1 atom stereocenters. The van der Waals surface area contributed by atoms with E-state index >= 15 is 0 Å². The average molecular weight is 535 g/mol. The second kappa shape index (κ2) is 24.1. The van der Waals surface area contributed by atoms with Crippen LogP contribution in [0.2, 0.25) is 0 Å². The molecule has 0 saturated carbocycles. The molecule has 0 saturated heterocycles. The zero-order valence-corrected chi connectivity index (χ0v) is 23.6. The number of phosphoric acid groups is 1. The molecule has 0 amide bonds. The van der Waals surface area contributed by atoms with E-state index < -0.39 is 32.5 Å². The number of ether oxygens (including phenoxy) is 2. The van der Waals surface area contributed by atoms with Gasteiger partial charge in [-0.25, -0.2) is 4.57 Å². The number of rotatable bonds is 25. The molecular formula is C27H51O8P. The summed E-state index contributed by atoms with van der Waals surface area (Å²) in [6.07, 6.45) is 21.1. The van der Waals surface area contributed by atoms with Gasteiger partial charge in [-0.1, -0.05) is 96.6 Å². The molecule has 0 aromatic carbocycles. The van der Waals surface area contributed by atoms with Crippen LogP contribution in [0.1, 0.15) is 129 Å². The molecule has 0 aliphatic heterocycles. The smallest absolute Gasteiger partial charge is 0.462 e. The highest BCUT2D eigenvalue weighted by Crippen LogP contribution is 2.35. The van der Waals surface area contributed by atoms with Gasteiger partial charge < -0.3 is 19.3 Å². The number of carbonyl (C=O) groups excluding carboxylic acids is 2. The summed E-state index contributed by atoms with van der Waals surface area (Å²) in [5, 5.41) is 0. The number of esters is 2. The lowest BCUT2D eigenvalue weighted by Gasteiger charge is -2.18. The third kappa shape index (κ3) is 25.9. The van der Waals surface area contributed by atoms with Gasteiger partial charge in [0.15, 0.2) is 6.10 Å². The minimum atomic E-state index is -4.73. The lowest BCUT2D eigenvalue weighted by atomic mass is 10.1. The van der Waals surface area contributed by atoms with Gasteiger partial charge in [0, 0.05) is 12.8 Å². The Hall–Kier alpha value is -1.21. The van der Waals surface area contributed by atoms with Crippen molar-refractivity contribution in [2.24, 2.45) is 0 Å². The molecule has 0 aromatic heterocycles. The summed E-state index contributed by atoms with van der Waals surface area (Å²) in [6, 6.07) is 0. The summed E-state index contributed by atoms with van der Waals surface area (Å²) in [5.41, 5.74) is 0. The van der Waals surface area contributed by atoms with Crippen LogP contribution in [0.5, 0.6) is 0 Å². The molecule has 0 heterocycles. The van der Waals surface area contributed by atoms with Crippen molar-refractivity contribution in [1.29, 1.82) is 0 Å². The first-order valence-corrected chi connectivity index (χ1v) is 15.5. The molecule has 0 aromatic rings. The number of hydrogen-bond donors (Lipinski definition) is 2. The Bertz CT molecular complexity index is 617. The molecule has 0 aliphatic rings. The Kier molecular flexibility index (Phi) is 23.3. The van der Waals surface area contributed by atoms with Crippen molar-refractivity contribution in [1.82, 2.24) is 0 Å². The molecule has 212 valence electrons. The summed E-state index contributed by atoms with van der Waals surface area (Å²) in [6.45, 7) is 3.49. The number of unbranched alkanes of at least 4 members (excludes halogenated alkanes) is 13. The van der Waals surface area contributed by atoms with Crippen molar-refractivity contribution in [3.8, 4) is 0 Å². The quantitative estimate of drug-likeness (QED) is 0.0547. The topological polar surface area (TPSA) is 119 Å². The maximum absolute atomic E-state index is 12.2. The average Bonchev–Trinajstić information content (AvgIpc) is 2.83. The molecule has 9 heteroatoms. The van der Waals surface area contributed by atoms with Gasteiger partial charge in [0.05, 0.1) is 6.61 Å². The van der Waals surface area contributed by atoms with Crippen LogP contribution < -0.4 is 0 Å². The third-order valence-electron chi connectivity index (χ3n) is 5.80. The van der Waals surface area contributed by atoms with E-state index in [1.165, 1.54) is 38.5 Å². The number of carbonyl (C=O) groups is 2. The van der Waals surface area contributed by atoms with Crippen LogP contribution in [0.3, 0.4) is 0 Å². The maximum Gasteiger partial charge on any atom is 0.469 e. The summed E-state index contributed by atoms with van der Waals surface area (Å²) in [4.78, 5) is 42.1. The van der Waals surface area contributed by atoms with Gasteiger partial charge in [0.1, 0.15) is 6.61 Å². The minimum absolute atomic E-state index is 0.209. The molecule has 0 unspecified atom stereocenters. The molecule has 0 fully saturated rings. The van der Waals surface area contributed by atoms with E-state index in [1.54, 1.807) is 0 Å². The van der Waals surface area contributed by atoms with Gasteiger partial charge in [-0.05, 0) is 32.1 Å². The van der Waals surface area contributed by atoms with Gasteiger partial charge in [-0.3, -0.25) is 14.1 Å². The number of phosphoric ester groups is 1. The van der Waals surface area contributed by atoms with Crippen LogP contribution in [0.4, 0.5) is 0 Å². The van der Waals surface area contributed by atoms with E-state index in [4.69, 9.17) is 19.3 Å². The van der Waals surface area contributed by atoms with Crippen LogP contribution in [0.25, 0.3) is 0 Å². The predicted molar refractivity (Wildman–Crippen MR) is 142 cm³/mol. The molecule has 0 spiro atoms. The second-order valence-corrected chi connectivity index (χ2v) is 10.6. The molecule has 0 rings (SSSR count). The van der Waals surface area contributed by atoms with Crippen molar-refractivity contribution in [3.63, 3.8) is 0 Å².